The van der Waals surface area contributed by atoms with Gasteiger partial charge in [-0.1, -0.05) is 36.1 Å². The summed E-state index contributed by atoms with van der Waals surface area (Å²) in [6.45, 7) is 0. The van der Waals surface area contributed by atoms with Crippen LogP contribution in [0, 0.1) is 0 Å². The first-order valence-electron chi connectivity index (χ1n) is 14.4. The maximum Gasteiger partial charge on any atom is 1.00 e. The predicted molar refractivity (Wildman–Crippen MR) is 184 cm³/mol. The first-order valence-corrected chi connectivity index (χ1v) is 19.0. The zero-order valence-corrected chi connectivity index (χ0v) is 41.4. The maximum absolute atomic E-state index is 14.0. The summed E-state index contributed by atoms with van der Waals surface area (Å²) < 4.78 is 110. The van der Waals surface area contributed by atoms with Gasteiger partial charge in [-0.05, 0) is 65.0 Å². The van der Waals surface area contributed by atoms with Crippen LogP contribution < -0.4 is 139 Å². The Morgan fingerprint density at radius 3 is 1.98 bits per heavy atom. The summed E-state index contributed by atoms with van der Waals surface area (Å²) in [6.07, 6.45) is 0.541. The summed E-state index contributed by atoms with van der Waals surface area (Å²) in [7, 11) is -16.2. The summed E-state index contributed by atoms with van der Waals surface area (Å²) in [4.78, 5) is 33.7. The summed E-state index contributed by atoms with van der Waals surface area (Å²) in [5, 5.41) is 29.7. The molecule has 20 nitrogen and oxygen atoms in total. The number of rotatable bonds is 10. The fourth-order valence-corrected chi connectivity index (χ4v) is 7.37. The molecule has 1 heterocycles. The van der Waals surface area contributed by atoms with Crippen LogP contribution in [0.5, 0.6) is 5.75 Å². The van der Waals surface area contributed by atoms with Crippen molar-refractivity contribution in [3.05, 3.63) is 93.6 Å². The van der Waals surface area contributed by atoms with Crippen molar-refractivity contribution in [3.63, 3.8) is 0 Å². The fraction of sp³-hybridized carbons (Fsp3) is 0. The van der Waals surface area contributed by atoms with Crippen LogP contribution in [-0.2, 0) is 30.4 Å². The Kier molecular flexibility index (Phi) is 18.1. The Morgan fingerprint density at radius 2 is 1.40 bits per heavy atom. The minimum Gasteiger partial charge on any atom is -0.872 e. The topological polar surface area (TPSA) is 336 Å². The SMILES string of the molecule is O=C(O)c1ccc(Nc2nc(Cl)nc(Nc3cc(S(=O)(=O)[O-])cc4c3C(=O)C(=NNc3ccc5ccccc5c3S(=O)(=O)[O-])C(S(=O)(=O)[O-])=C4)n2)cc1[O-].[Na+].[Na+].[Na+].[Na+]. The number of Topliss-reactive ketones (excluding diaryl/α,β-unsaturated/α-hetero) is 1. The van der Waals surface area contributed by atoms with E-state index in [1.807, 2.05) is 0 Å². The number of benzene rings is 4. The molecule has 0 spiro atoms. The van der Waals surface area contributed by atoms with Crippen molar-refractivity contribution in [1.29, 1.82) is 0 Å². The number of aromatic nitrogens is 3. The number of carbonyl (C=O) groups excluding carboxylic acids is 1. The fourth-order valence-electron chi connectivity index (χ4n) is 5.19. The van der Waals surface area contributed by atoms with E-state index in [-0.39, 0.29) is 135 Å². The zero-order chi connectivity index (χ0) is 39.3. The van der Waals surface area contributed by atoms with Gasteiger partial charge in [0.1, 0.15) is 36.1 Å². The Morgan fingerprint density at radius 1 is 0.759 bits per heavy atom. The van der Waals surface area contributed by atoms with Gasteiger partial charge < -0.3 is 34.5 Å². The minimum atomic E-state index is -5.62. The van der Waals surface area contributed by atoms with Crippen molar-refractivity contribution >= 4 is 105 Å². The van der Waals surface area contributed by atoms with Crippen molar-refractivity contribution in [3.8, 4) is 5.75 Å². The van der Waals surface area contributed by atoms with Gasteiger partial charge in [-0.2, -0.15) is 20.1 Å². The number of carboxylic acid groups (broad SMARTS) is 1. The molecule has 5 aromatic rings. The van der Waals surface area contributed by atoms with Gasteiger partial charge in [-0.15, -0.1) is 0 Å². The summed E-state index contributed by atoms with van der Waals surface area (Å²) in [5.41, 5.74) is -1.79. The Bertz CT molecular complexity index is 2890. The third kappa shape index (κ3) is 11.6. The molecule has 58 heavy (non-hydrogen) atoms. The number of aromatic carboxylic acids is 1. The molecule has 0 saturated heterocycles. The second kappa shape index (κ2) is 20.2. The van der Waals surface area contributed by atoms with Gasteiger partial charge in [-0.25, -0.2) is 30.0 Å². The van der Waals surface area contributed by atoms with E-state index in [0.29, 0.717) is 23.6 Å². The normalized spacial score (nSPS) is 13.1. The van der Waals surface area contributed by atoms with Crippen molar-refractivity contribution in [2.24, 2.45) is 5.10 Å². The number of fused-ring (bicyclic) bond motifs is 2. The third-order valence-electron chi connectivity index (χ3n) is 7.40. The monoisotopic (exact) mass is 905 g/mol. The molecule has 0 saturated carbocycles. The standard InChI is InChI=1S/C30H20ClN7O13S3.4Na/c31-28-34-29(32-15-6-7-18(27(41)42)21(39)11-15)36-30(35-28)33-20-12-16(52(43,44)45)9-14-10-22(53(46,47)48)24(25(40)23(14)20)38-37-19-8-5-13-3-1-2-4-17(13)26(19)54(49,50)51;;;;/h1-12,37,39H,(H,41,42)(H,43,44,45)(H,46,47,48)(H,49,50,51)(H2,32,33,34,35,36);;;;/q;4*+1/p-4. The molecule has 278 valence electrons. The summed E-state index contributed by atoms with van der Waals surface area (Å²) >= 11 is 6.03. The van der Waals surface area contributed by atoms with Gasteiger partial charge in [0, 0.05) is 11.1 Å². The molecule has 0 atom stereocenters. The van der Waals surface area contributed by atoms with Crippen LogP contribution >= 0.6 is 11.6 Å². The van der Waals surface area contributed by atoms with Gasteiger partial charge in [-0.3, -0.25) is 10.2 Å². The quantitative estimate of drug-likeness (QED) is 0.0574. The van der Waals surface area contributed by atoms with Crippen molar-refractivity contribution in [2.75, 3.05) is 16.1 Å². The first kappa shape index (κ1) is 52.1. The van der Waals surface area contributed by atoms with Gasteiger partial charge in [0.15, 0.2) is 0 Å². The Hall–Kier alpha value is -2.08. The van der Waals surface area contributed by atoms with Crippen LogP contribution in [-0.4, -0.2) is 76.4 Å². The van der Waals surface area contributed by atoms with Gasteiger partial charge in [0.25, 0.3) is 0 Å². The van der Waals surface area contributed by atoms with Gasteiger partial charge >= 0.3 is 124 Å². The van der Waals surface area contributed by atoms with Crippen molar-refractivity contribution < 1.29 is 177 Å². The number of anilines is 5. The number of hydrogen-bond donors (Lipinski definition) is 4. The maximum atomic E-state index is 14.0. The molecular weight excluding hydrogens is 890 g/mol. The largest absolute Gasteiger partial charge is 1.00 e. The number of hydrazone groups is 1. The van der Waals surface area contributed by atoms with Crippen LogP contribution in [0.15, 0.2) is 86.5 Å². The summed E-state index contributed by atoms with van der Waals surface area (Å²) in [6, 6.07) is 12.6. The van der Waals surface area contributed by atoms with Crippen LogP contribution in [0.3, 0.4) is 0 Å². The molecule has 1 aliphatic carbocycles. The number of nitrogens with one attached hydrogen (secondary N) is 3. The zero-order valence-electron chi connectivity index (χ0n) is 30.2. The smallest absolute Gasteiger partial charge is 0.872 e. The molecule has 4 N–H and O–H groups in total. The van der Waals surface area contributed by atoms with E-state index in [0.717, 1.165) is 18.2 Å². The molecule has 0 amide bonds. The number of ketones is 1. The van der Waals surface area contributed by atoms with Crippen LogP contribution in [0.4, 0.5) is 29.0 Å². The molecule has 1 aromatic heterocycles. The predicted octanol–water partition coefficient (Wildman–Crippen LogP) is -9.69. The number of nitrogens with zero attached hydrogens (tertiary/aromatic N) is 4. The average Bonchev–Trinajstić information content (AvgIpc) is 3.05. The van der Waals surface area contributed by atoms with Crippen molar-refractivity contribution in [1.82, 2.24) is 15.0 Å². The molecule has 0 bridgehead atoms. The number of halogens is 1. The van der Waals surface area contributed by atoms with E-state index in [1.165, 1.54) is 30.3 Å². The Labute approximate surface area is 421 Å². The van der Waals surface area contributed by atoms with E-state index in [2.05, 4.69) is 36.1 Å². The third-order valence-corrected chi connectivity index (χ3v) is 10.2. The summed E-state index contributed by atoms with van der Waals surface area (Å²) in [5.74, 6) is -4.66. The van der Waals surface area contributed by atoms with Crippen LogP contribution in [0.1, 0.15) is 26.3 Å². The van der Waals surface area contributed by atoms with E-state index >= 15 is 0 Å². The number of carbonyl (C=O) groups is 2. The molecule has 1 aliphatic rings. The second-order valence-corrected chi connectivity index (χ2v) is 15.3. The van der Waals surface area contributed by atoms with E-state index < -0.39 is 108 Å². The number of carboxylic acids is 1. The van der Waals surface area contributed by atoms with Crippen LogP contribution in [0.25, 0.3) is 16.8 Å². The number of allylic oxidation sites excluding steroid dienone is 1. The van der Waals surface area contributed by atoms with Gasteiger partial charge in [0.2, 0.25) is 23.0 Å². The Balaban J connectivity index is 0.00000290. The molecule has 0 fully saturated rings. The molecular formula is C30H16ClN7Na4O13S3. The van der Waals surface area contributed by atoms with Crippen LogP contribution in [0.2, 0.25) is 5.28 Å². The molecule has 6 rings (SSSR count). The molecule has 0 unspecified atom stereocenters. The van der Waals surface area contributed by atoms with E-state index in [9.17, 15) is 53.6 Å². The molecule has 0 aliphatic heterocycles. The molecule has 4 aromatic carbocycles. The van der Waals surface area contributed by atoms with Crippen molar-refractivity contribution in [2.45, 2.75) is 9.79 Å². The number of hydrogen-bond acceptors (Lipinski definition) is 19. The molecule has 0 radical (unpaired) electrons. The minimum absolute atomic E-state index is 0. The molecule has 28 heteroatoms. The van der Waals surface area contributed by atoms with Gasteiger partial charge in [0.05, 0.1) is 37.2 Å². The van der Waals surface area contributed by atoms with E-state index in [4.69, 9.17) is 16.7 Å². The second-order valence-electron chi connectivity index (χ2n) is 10.9. The van der Waals surface area contributed by atoms with E-state index in [1.54, 1.807) is 6.07 Å². The first-order chi connectivity index (χ1) is 25.2. The average molecular weight is 906 g/mol.